The first-order valence-electron chi connectivity index (χ1n) is 6.06. The largest absolute Gasteiger partial charge is 0.337 e. The highest BCUT2D eigenvalue weighted by Gasteiger charge is 2.26. The van der Waals surface area contributed by atoms with Crippen molar-refractivity contribution in [3.8, 4) is 0 Å². The zero-order chi connectivity index (χ0) is 12.4. The molecule has 0 saturated carbocycles. The van der Waals surface area contributed by atoms with E-state index in [2.05, 4.69) is 17.1 Å². The summed E-state index contributed by atoms with van der Waals surface area (Å²) in [6.45, 7) is 7.68. The van der Waals surface area contributed by atoms with Crippen molar-refractivity contribution in [2.24, 2.45) is 0 Å². The molecule has 17 heavy (non-hydrogen) atoms. The van der Waals surface area contributed by atoms with E-state index >= 15 is 0 Å². The van der Waals surface area contributed by atoms with Crippen LogP contribution in [0.4, 0.5) is 0 Å². The fraction of sp³-hybridized carbons (Fsp3) is 0.667. The van der Waals surface area contributed by atoms with E-state index in [-0.39, 0.29) is 5.91 Å². The van der Waals surface area contributed by atoms with Gasteiger partial charge in [0.2, 0.25) is 0 Å². The lowest BCUT2D eigenvalue weighted by Crippen LogP contribution is -2.42. The molecule has 2 heterocycles. The summed E-state index contributed by atoms with van der Waals surface area (Å²) in [5.41, 5.74) is 2.43. The maximum atomic E-state index is 12.4. The number of hydrogen-bond donors (Lipinski definition) is 1. The molecule has 0 aliphatic carbocycles. The number of nitrogens with zero attached hydrogens (tertiary/aromatic N) is 2. The number of carbonyl (C=O) groups is 1. The van der Waals surface area contributed by atoms with Gasteiger partial charge in [0.05, 0.1) is 11.3 Å². The molecule has 1 saturated heterocycles. The van der Waals surface area contributed by atoms with Crippen LogP contribution in [0.2, 0.25) is 0 Å². The van der Waals surface area contributed by atoms with Gasteiger partial charge in [0, 0.05) is 29.8 Å². The second kappa shape index (κ2) is 5.12. The number of hydrogen-bond acceptors (Lipinski definition) is 3. The molecule has 1 unspecified atom stereocenters. The summed E-state index contributed by atoms with van der Waals surface area (Å²) in [6.07, 6.45) is 1.12. The molecule has 0 bridgehead atoms. The van der Waals surface area contributed by atoms with Gasteiger partial charge in [-0.15, -0.1) is 0 Å². The average Bonchev–Trinajstić information content (AvgIpc) is 2.68. The third kappa shape index (κ3) is 2.49. The second-order valence-corrected chi connectivity index (χ2v) is 5.87. The Morgan fingerprint density at radius 1 is 1.59 bits per heavy atom. The van der Waals surface area contributed by atoms with Crippen LogP contribution in [0.25, 0.3) is 0 Å². The van der Waals surface area contributed by atoms with Crippen LogP contribution in [0.3, 0.4) is 0 Å². The topological polar surface area (TPSA) is 49.0 Å². The van der Waals surface area contributed by atoms with E-state index in [4.69, 9.17) is 0 Å². The molecule has 1 atom stereocenters. The molecule has 5 heteroatoms. The Balaban J connectivity index is 2.15. The Kier molecular flexibility index (Phi) is 3.76. The summed E-state index contributed by atoms with van der Waals surface area (Å²) < 4.78 is 0. The van der Waals surface area contributed by atoms with Gasteiger partial charge in [0.25, 0.3) is 5.91 Å². The van der Waals surface area contributed by atoms with Gasteiger partial charge in [-0.1, -0.05) is 6.92 Å². The van der Waals surface area contributed by atoms with Gasteiger partial charge >= 0.3 is 0 Å². The molecule has 1 aromatic heterocycles. The minimum absolute atomic E-state index is 0.132. The summed E-state index contributed by atoms with van der Waals surface area (Å²) in [5.74, 6) is 1.17. The van der Waals surface area contributed by atoms with Crippen molar-refractivity contribution in [1.29, 1.82) is 0 Å². The Morgan fingerprint density at radius 3 is 2.94 bits per heavy atom. The van der Waals surface area contributed by atoms with E-state index in [1.165, 1.54) is 0 Å². The maximum Gasteiger partial charge on any atom is 0.257 e. The Bertz CT molecular complexity index is 396. The first-order valence-corrected chi connectivity index (χ1v) is 7.10. The van der Waals surface area contributed by atoms with Crippen molar-refractivity contribution in [2.45, 2.75) is 32.4 Å². The van der Waals surface area contributed by atoms with Crippen molar-refractivity contribution in [3.63, 3.8) is 0 Å². The molecule has 4 nitrogen and oxygen atoms in total. The number of aryl methyl sites for hydroxylation is 2. The Hall–Kier alpha value is -0.970. The number of aromatic amines is 1. The van der Waals surface area contributed by atoms with Crippen molar-refractivity contribution in [3.05, 3.63) is 17.0 Å². The first kappa shape index (κ1) is 12.5. The molecule has 1 amide bonds. The zero-order valence-electron chi connectivity index (χ0n) is 10.6. The SMILES string of the molecule is CCC1CN(C(=O)c2c(C)n[nH]c2C)CCS1. The van der Waals surface area contributed by atoms with E-state index in [0.717, 1.165) is 42.2 Å². The lowest BCUT2D eigenvalue weighted by molar-refractivity contribution is 0.0759. The van der Waals surface area contributed by atoms with E-state index < -0.39 is 0 Å². The lowest BCUT2D eigenvalue weighted by atomic mass is 10.1. The van der Waals surface area contributed by atoms with Crippen LogP contribution in [0, 0.1) is 13.8 Å². The highest BCUT2D eigenvalue weighted by Crippen LogP contribution is 2.23. The quantitative estimate of drug-likeness (QED) is 0.877. The number of carbonyl (C=O) groups excluding carboxylic acids is 1. The summed E-state index contributed by atoms with van der Waals surface area (Å²) in [4.78, 5) is 14.4. The lowest BCUT2D eigenvalue weighted by Gasteiger charge is -2.32. The number of rotatable bonds is 2. The predicted molar refractivity (Wildman–Crippen MR) is 70.5 cm³/mol. The molecule has 0 radical (unpaired) electrons. The molecule has 1 aromatic rings. The van der Waals surface area contributed by atoms with Crippen LogP contribution in [0.5, 0.6) is 0 Å². The van der Waals surface area contributed by atoms with E-state index in [1.807, 2.05) is 30.5 Å². The summed E-state index contributed by atoms with van der Waals surface area (Å²) in [5, 5.41) is 7.56. The number of nitrogens with one attached hydrogen (secondary N) is 1. The fourth-order valence-corrected chi connectivity index (χ4v) is 3.36. The van der Waals surface area contributed by atoms with Crippen molar-refractivity contribution in [1.82, 2.24) is 15.1 Å². The molecule has 1 fully saturated rings. The molecular weight excluding hydrogens is 234 g/mol. The number of amides is 1. The van der Waals surface area contributed by atoms with Gasteiger partial charge in [0.15, 0.2) is 0 Å². The van der Waals surface area contributed by atoms with Crippen LogP contribution in [-0.2, 0) is 0 Å². The molecule has 0 spiro atoms. The standard InChI is InChI=1S/C12H19N3OS/c1-4-10-7-15(5-6-17-10)12(16)11-8(2)13-14-9(11)3/h10H,4-7H2,1-3H3,(H,13,14). The van der Waals surface area contributed by atoms with Crippen molar-refractivity contribution in [2.75, 3.05) is 18.8 Å². The van der Waals surface area contributed by atoms with E-state index in [9.17, 15) is 4.79 Å². The third-order valence-corrected chi connectivity index (χ3v) is 4.60. The van der Waals surface area contributed by atoms with E-state index in [0.29, 0.717) is 5.25 Å². The van der Waals surface area contributed by atoms with Gasteiger partial charge in [-0.05, 0) is 20.3 Å². The molecule has 0 aromatic carbocycles. The molecule has 1 N–H and O–H groups in total. The van der Waals surface area contributed by atoms with Gasteiger partial charge in [-0.2, -0.15) is 16.9 Å². The molecule has 1 aliphatic heterocycles. The highest BCUT2D eigenvalue weighted by atomic mass is 32.2. The minimum atomic E-state index is 0.132. The van der Waals surface area contributed by atoms with Crippen LogP contribution in [0.15, 0.2) is 0 Å². The zero-order valence-corrected chi connectivity index (χ0v) is 11.4. The summed E-state index contributed by atoms with van der Waals surface area (Å²) in [7, 11) is 0. The third-order valence-electron chi connectivity index (χ3n) is 3.22. The number of aromatic nitrogens is 2. The number of thioether (sulfide) groups is 1. The first-order chi connectivity index (χ1) is 8.13. The predicted octanol–water partition coefficient (Wildman–Crippen LogP) is 1.99. The van der Waals surface area contributed by atoms with Crippen LogP contribution in [-0.4, -0.2) is 45.1 Å². The second-order valence-electron chi connectivity index (χ2n) is 4.46. The van der Waals surface area contributed by atoms with Crippen molar-refractivity contribution < 1.29 is 4.79 Å². The van der Waals surface area contributed by atoms with Gasteiger partial charge in [-0.3, -0.25) is 9.89 Å². The molecule has 2 rings (SSSR count). The van der Waals surface area contributed by atoms with Gasteiger partial charge in [-0.25, -0.2) is 0 Å². The average molecular weight is 253 g/mol. The van der Waals surface area contributed by atoms with Gasteiger partial charge < -0.3 is 4.90 Å². The summed E-state index contributed by atoms with van der Waals surface area (Å²) >= 11 is 1.97. The Morgan fingerprint density at radius 2 is 2.35 bits per heavy atom. The van der Waals surface area contributed by atoms with Crippen molar-refractivity contribution >= 4 is 17.7 Å². The smallest absolute Gasteiger partial charge is 0.257 e. The van der Waals surface area contributed by atoms with Gasteiger partial charge in [0.1, 0.15) is 0 Å². The number of H-pyrrole nitrogens is 1. The molecular formula is C12H19N3OS. The summed E-state index contributed by atoms with van der Waals surface area (Å²) in [6, 6.07) is 0. The monoisotopic (exact) mass is 253 g/mol. The minimum Gasteiger partial charge on any atom is -0.337 e. The Labute approximate surface area is 106 Å². The van der Waals surface area contributed by atoms with Crippen LogP contribution >= 0.6 is 11.8 Å². The normalized spacial score (nSPS) is 20.6. The van der Waals surface area contributed by atoms with Crippen LogP contribution in [0.1, 0.15) is 35.1 Å². The fourth-order valence-electron chi connectivity index (χ4n) is 2.17. The molecule has 1 aliphatic rings. The highest BCUT2D eigenvalue weighted by molar-refractivity contribution is 8.00. The maximum absolute atomic E-state index is 12.4. The van der Waals surface area contributed by atoms with E-state index in [1.54, 1.807) is 0 Å². The molecule has 94 valence electrons. The van der Waals surface area contributed by atoms with Crippen LogP contribution < -0.4 is 0 Å².